The smallest absolute Gasteiger partial charge is 0.240 e. The van der Waals surface area contributed by atoms with E-state index < -0.39 is 0 Å². The van der Waals surface area contributed by atoms with E-state index in [9.17, 15) is 4.79 Å². The van der Waals surface area contributed by atoms with E-state index in [-0.39, 0.29) is 18.7 Å². The predicted octanol–water partition coefficient (Wildman–Crippen LogP) is 2.83. The lowest BCUT2D eigenvalue weighted by atomic mass is 10.00. The van der Waals surface area contributed by atoms with E-state index in [0.717, 1.165) is 53.6 Å². The number of aromatic nitrogens is 1. The number of fused-ring (bicyclic) bond motifs is 2. The topological polar surface area (TPSA) is 68.0 Å². The van der Waals surface area contributed by atoms with E-state index in [2.05, 4.69) is 17.0 Å². The van der Waals surface area contributed by atoms with Gasteiger partial charge in [0, 0.05) is 24.1 Å². The molecule has 7 heteroatoms. The number of carbonyl (C=O) groups excluding carboxylic acids is 1. The Balaban J connectivity index is 1.39. The number of carbonyl (C=O) groups is 1. The Morgan fingerprint density at radius 3 is 2.82 bits per heavy atom. The van der Waals surface area contributed by atoms with Crippen molar-refractivity contribution < 1.29 is 18.8 Å². The average molecular weight is 383 g/mol. The van der Waals surface area contributed by atoms with E-state index >= 15 is 0 Å². The summed E-state index contributed by atoms with van der Waals surface area (Å²) in [5, 5.41) is 4.31. The van der Waals surface area contributed by atoms with Crippen molar-refractivity contribution in [3.63, 3.8) is 0 Å². The first kappa shape index (κ1) is 17.6. The van der Waals surface area contributed by atoms with Crippen LogP contribution >= 0.6 is 0 Å². The highest BCUT2D eigenvalue weighted by Crippen LogP contribution is 2.38. The van der Waals surface area contributed by atoms with Gasteiger partial charge in [-0.2, -0.15) is 0 Å². The maximum Gasteiger partial charge on any atom is 0.240 e. The van der Waals surface area contributed by atoms with Gasteiger partial charge in [-0.3, -0.25) is 9.69 Å². The zero-order chi connectivity index (χ0) is 19.1. The van der Waals surface area contributed by atoms with Crippen molar-refractivity contribution in [1.29, 1.82) is 0 Å². The highest BCUT2D eigenvalue weighted by molar-refractivity contribution is 5.82. The second-order valence-electron chi connectivity index (χ2n) is 7.68. The quantitative estimate of drug-likeness (QED) is 0.809. The Morgan fingerprint density at radius 2 is 2.00 bits per heavy atom. The Kier molecular flexibility index (Phi) is 4.47. The van der Waals surface area contributed by atoms with Gasteiger partial charge in [0.1, 0.15) is 11.5 Å². The third-order valence-corrected chi connectivity index (χ3v) is 6.04. The van der Waals surface area contributed by atoms with Crippen LogP contribution in [0, 0.1) is 0 Å². The van der Waals surface area contributed by atoms with Crippen LogP contribution in [0.5, 0.6) is 11.5 Å². The number of hydrogen-bond acceptors (Lipinski definition) is 6. The summed E-state index contributed by atoms with van der Waals surface area (Å²) in [5.74, 6) is 2.58. The summed E-state index contributed by atoms with van der Waals surface area (Å²) in [6, 6.07) is 5.77. The van der Waals surface area contributed by atoms with E-state index in [1.54, 1.807) is 0 Å². The minimum absolute atomic E-state index is 0.0158. The molecular weight excluding hydrogens is 358 g/mol. The zero-order valence-corrected chi connectivity index (χ0v) is 16.1. The summed E-state index contributed by atoms with van der Waals surface area (Å²) in [7, 11) is 0. The fourth-order valence-electron chi connectivity index (χ4n) is 4.52. The average Bonchev–Trinajstić information content (AvgIpc) is 3.47. The minimum atomic E-state index is -0.0158. The SMILES string of the molecule is CC[C@H](C(=O)N1CCc2onc(-c3ccc4c(c3)OCO4)c2C1)N1CCCC1. The van der Waals surface area contributed by atoms with Crippen LogP contribution < -0.4 is 9.47 Å². The van der Waals surface area contributed by atoms with Gasteiger partial charge in [-0.05, 0) is 50.6 Å². The molecule has 0 spiro atoms. The summed E-state index contributed by atoms with van der Waals surface area (Å²) >= 11 is 0. The summed E-state index contributed by atoms with van der Waals surface area (Å²) in [6.07, 6.45) is 3.93. The summed E-state index contributed by atoms with van der Waals surface area (Å²) < 4.78 is 16.5. The normalized spacial score (nSPS) is 19.7. The lowest BCUT2D eigenvalue weighted by molar-refractivity contribution is -0.137. The van der Waals surface area contributed by atoms with Gasteiger partial charge in [0.15, 0.2) is 11.5 Å². The van der Waals surface area contributed by atoms with Gasteiger partial charge >= 0.3 is 0 Å². The van der Waals surface area contributed by atoms with Crippen LogP contribution in [0.3, 0.4) is 0 Å². The van der Waals surface area contributed by atoms with Crippen molar-refractivity contribution in [1.82, 2.24) is 15.0 Å². The van der Waals surface area contributed by atoms with Gasteiger partial charge in [0.25, 0.3) is 0 Å². The van der Waals surface area contributed by atoms with Crippen LogP contribution in [0.15, 0.2) is 22.7 Å². The number of amides is 1. The molecule has 1 amide bonds. The lowest BCUT2D eigenvalue weighted by Crippen LogP contribution is -2.48. The molecule has 3 aliphatic rings. The van der Waals surface area contributed by atoms with Gasteiger partial charge in [-0.1, -0.05) is 12.1 Å². The zero-order valence-electron chi connectivity index (χ0n) is 16.1. The molecule has 0 aliphatic carbocycles. The van der Waals surface area contributed by atoms with Gasteiger partial charge in [-0.25, -0.2) is 0 Å². The Morgan fingerprint density at radius 1 is 1.18 bits per heavy atom. The lowest BCUT2D eigenvalue weighted by Gasteiger charge is -2.33. The van der Waals surface area contributed by atoms with E-state index in [0.29, 0.717) is 19.5 Å². The largest absolute Gasteiger partial charge is 0.454 e. The molecule has 1 aromatic carbocycles. The molecule has 0 radical (unpaired) electrons. The van der Waals surface area contributed by atoms with Crippen molar-refractivity contribution in [2.75, 3.05) is 26.4 Å². The van der Waals surface area contributed by atoms with Crippen molar-refractivity contribution in [3.8, 4) is 22.8 Å². The molecule has 28 heavy (non-hydrogen) atoms. The highest BCUT2D eigenvalue weighted by atomic mass is 16.7. The molecule has 0 saturated carbocycles. The van der Waals surface area contributed by atoms with Gasteiger partial charge in [0.2, 0.25) is 12.7 Å². The van der Waals surface area contributed by atoms with Crippen LogP contribution in [0.25, 0.3) is 11.3 Å². The van der Waals surface area contributed by atoms with E-state index in [1.165, 1.54) is 12.8 Å². The van der Waals surface area contributed by atoms with Gasteiger partial charge in [0.05, 0.1) is 12.6 Å². The number of likely N-dealkylation sites (tertiary alicyclic amines) is 1. The number of rotatable bonds is 4. The van der Waals surface area contributed by atoms with Crippen LogP contribution in [0.1, 0.15) is 37.5 Å². The predicted molar refractivity (Wildman–Crippen MR) is 102 cm³/mol. The number of hydrogen-bond donors (Lipinski definition) is 0. The standard InChI is InChI=1S/C21H25N3O4/c1-2-16(23-8-3-4-9-23)21(25)24-10-7-17-15(12-24)20(22-28-17)14-5-6-18-19(11-14)27-13-26-18/h5-6,11,16H,2-4,7-10,12-13H2,1H3/t16-/m1/s1. The van der Waals surface area contributed by atoms with Crippen LogP contribution in [-0.2, 0) is 17.8 Å². The molecule has 0 unspecified atom stereocenters. The molecule has 4 heterocycles. The minimum Gasteiger partial charge on any atom is -0.454 e. The first-order valence-corrected chi connectivity index (χ1v) is 10.1. The van der Waals surface area contributed by atoms with Crippen LogP contribution in [-0.4, -0.2) is 53.3 Å². The van der Waals surface area contributed by atoms with Crippen molar-refractivity contribution in [2.24, 2.45) is 0 Å². The maximum atomic E-state index is 13.2. The van der Waals surface area contributed by atoms with Crippen molar-refractivity contribution in [3.05, 3.63) is 29.5 Å². The van der Waals surface area contributed by atoms with Crippen LogP contribution in [0.4, 0.5) is 0 Å². The molecular formula is C21H25N3O4. The molecule has 0 bridgehead atoms. The monoisotopic (exact) mass is 383 g/mol. The molecule has 0 N–H and O–H groups in total. The summed E-state index contributed by atoms with van der Waals surface area (Å²) in [6.45, 7) is 5.64. The first-order chi connectivity index (χ1) is 13.7. The first-order valence-electron chi connectivity index (χ1n) is 10.1. The summed E-state index contributed by atoms with van der Waals surface area (Å²) in [5.41, 5.74) is 2.73. The Bertz CT molecular complexity index is 888. The molecule has 7 nitrogen and oxygen atoms in total. The number of ether oxygens (including phenoxy) is 2. The van der Waals surface area contributed by atoms with Gasteiger partial charge in [-0.15, -0.1) is 0 Å². The fourth-order valence-corrected chi connectivity index (χ4v) is 4.52. The molecule has 1 fully saturated rings. The van der Waals surface area contributed by atoms with Gasteiger partial charge < -0.3 is 18.9 Å². The maximum absolute atomic E-state index is 13.2. The highest BCUT2D eigenvalue weighted by Gasteiger charge is 2.34. The van der Waals surface area contributed by atoms with Crippen molar-refractivity contribution in [2.45, 2.75) is 45.2 Å². The fraction of sp³-hybridized carbons (Fsp3) is 0.524. The molecule has 2 aromatic rings. The second-order valence-corrected chi connectivity index (χ2v) is 7.68. The van der Waals surface area contributed by atoms with Crippen molar-refractivity contribution >= 4 is 5.91 Å². The molecule has 1 aromatic heterocycles. The molecule has 5 rings (SSSR count). The third-order valence-electron chi connectivity index (χ3n) is 6.04. The summed E-state index contributed by atoms with van der Waals surface area (Å²) in [4.78, 5) is 17.6. The Hall–Kier alpha value is -2.54. The Labute approximate surface area is 164 Å². The molecule has 148 valence electrons. The molecule has 3 aliphatic heterocycles. The molecule has 1 atom stereocenters. The number of nitrogens with zero attached hydrogens (tertiary/aromatic N) is 3. The second kappa shape index (κ2) is 7.13. The van der Waals surface area contributed by atoms with Crippen LogP contribution in [0.2, 0.25) is 0 Å². The van der Waals surface area contributed by atoms with E-state index in [4.69, 9.17) is 14.0 Å². The molecule has 1 saturated heterocycles. The van der Waals surface area contributed by atoms with E-state index in [1.807, 2.05) is 23.1 Å². The third kappa shape index (κ3) is 2.94. The number of benzene rings is 1.